The molecule has 0 saturated heterocycles. The van der Waals surface area contributed by atoms with Crippen molar-refractivity contribution in [3.8, 4) is 0 Å². The summed E-state index contributed by atoms with van der Waals surface area (Å²) < 4.78 is 0. The lowest BCUT2D eigenvalue weighted by molar-refractivity contribution is -0.122. The van der Waals surface area contributed by atoms with Crippen LogP contribution in [0.5, 0.6) is 0 Å². The van der Waals surface area contributed by atoms with E-state index in [1.165, 1.54) is 38.5 Å². The fraction of sp³-hybridized carbons (Fsp3) is 0.929. The van der Waals surface area contributed by atoms with Crippen molar-refractivity contribution in [1.82, 2.24) is 0 Å². The average molecular weight is 227 g/mol. The fourth-order valence-electron chi connectivity index (χ4n) is 1.91. The second kappa shape index (κ2) is 11.1. The molecular formula is C14H29NO. The number of Topliss-reactive ketones (excluding diaryl/α,β-unsaturated/α-hetero) is 1. The summed E-state index contributed by atoms with van der Waals surface area (Å²) in [5.41, 5.74) is 5.44. The summed E-state index contributed by atoms with van der Waals surface area (Å²) in [5, 5.41) is 0. The Bertz CT molecular complexity index is 168. The van der Waals surface area contributed by atoms with Crippen LogP contribution >= 0.6 is 0 Å². The van der Waals surface area contributed by atoms with E-state index in [1.54, 1.807) is 0 Å². The molecule has 0 aliphatic carbocycles. The second-order valence-electron chi connectivity index (χ2n) is 4.82. The Hall–Kier alpha value is -0.370. The number of carbonyl (C=O) groups excluding carboxylic acids is 1. The Morgan fingerprint density at radius 2 is 1.62 bits per heavy atom. The van der Waals surface area contributed by atoms with E-state index < -0.39 is 0 Å². The summed E-state index contributed by atoms with van der Waals surface area (Å²) in [5.74, 6) is 0.573. The van der Waals surface area contributed by atoms with E-state index in [4.69, 9.17) is 5.73 Å². The van der Waals surface area contributed by atoms with Gasteiger partial charge in [-0.3, -0.25) is 4.79 Å². The summed E-state index contributed by atoms with van der Waals surface area (Å²) in [4.78, 5) is 11.6. The first-order chi connectivity index (χ1) is 7.72. The van der Waals surface area contributed by atoms with Crippen LogP contribution in [0.2, 0.25) is 0 Å². The maximum Gasteiger partial charge on any atom is 0.135 e. The van der Waals surface area contributed by atoms with E-state index in [9.17, 15) is 4.79 Å². The molecule has 1 atom stereocenters. The molecule has 0 aromatic rings. The molecule has 0 aromatic heterocycles. The van der Waals surface area contributed by atoms with Crippen molar-refractivity contribution in [1.29, 1.82) is 0 Å². The van der Waals surface area contributed by atoms with E-state index in [2.05, 4.69) is 6.92 Å². The van der Waals surface area contributed by atoms with E-state index in [-0.39, 0.29) is 5.92 Å². The molecule has 2 N–H and O–H groups in total. The summed E-state index contributed by atoms with van der Waals surface area (Å²) >= 11 is 0. The Morgan fingerprint density at radius 1 is 1.06 bits per heavy atom. The zero-order valence-corrected chi connectivity index (χ0v) is 11.1. The van der Waals surface area contributed by atoms with Gasteiger partial charge in [-0.2, -0.15) is 0 Å². The third-order valence-electron chi connectivity index (χ3n) is 3.18. The molecule has 0 bridgehead atoms. The van der Waals surface area contributed by atoms with Crippen LogP contribution in [0, 0.1) is 5.92 Å². The van der Waals surface area contributed by atoms with Crippen LogP contribution in [0.1, 0.15) is 71.6 Å². The lowest BCUT2D eigenvalue weighted by Gasteiger charge is -2.08. The third kappa shape index (κ3) is 8.90. The molecule has 0 aliphatic heterocycles. The molecule has 0 aromatic carbocycles. The summed E-state index contributed by atoms with van der Waals surface area (Å²) in [7, 11) is 0. The molecule has 2 heteroatoms. The highest BCUT2D eigenvalue weighted by Gasteiger charge is 2.10. The molecule has 0 spiro atoms. The van der Waals surface area contributed by atoms with Gasteiger partial charge in [-0.05, 0) is 19.4 Å². The molecule has 0 heterocycles. The zero-order chi connectivity index (χ0) is 12.2. The Morgan fingerprint density at radius 3 is 2.19 bits per heavy atom. The second-order valence-corrected chi connectivity index (χ2v) is 4.82. The van der Waals surface area contributed by atoms with Gasteiger partial charge in [0.25, 0.3) is 0 Å². The van der Waals surface area contributed by atoms with Crippen LogP contribution < -0.4 is 5.73 Å². The average Bonchev–Trinajstić information content (AvgIpc) is 2.28. The lowest BCUT2D eigenvalue weighted by atomic mass is 9.97. The lowest BCUT2D eigenvalue weighted by Crippen LogP contribution is -2.15. The molecular weight excluding hydrogens is 198 g/mol. The van der Waals surface area contributed by atoms with E-state index in [1.807, 2.05) is 6.92 Å². The predicted octanol–water partition coefficient (Wildman–Crippen LogP) is 3.68. The van der Waals surface area contributed by atoms with Crippen LogP contribution in [0.4, 0.5) is 0 Å². The minimum Gasteiger partial charge on any atom is -0.330 e. The molecule has 0 aliphatic rings. The number of hydrogen-bond donors (Lipinski definition) is 1. The van der Waals surface area contributed by atoms with Crippen molar-refractivity contribution in [3.05, 3.63) is 0 Å². The van der Waals surface area contributed by atoms with Gasteiger partial charge in [0.15, 0.2) is 0 Å². The van der Waals surface area contributed by atoms with Crippen LogP contribution in [0.3, 0.4) is 0 Å². The largest absolute Gasteiger partial charge is 0.330 e. The summed E-state index contributed by atoms with van der Waals surface area (Å²) in [6, 6.07) is 0. The van der Waals surface area contributed by atoms with Crippen molar-refractivity contribution in [2.75, 3.05) is 6.54 Å². The van der Waals surface area contributed by atoms with Crippen molar-refractivity contribution >= 4 is 5.78 Å². The van der Waals surface area contributed by atoms with Gasteiger partial charge in [0.05, 0.1) is 0 Å². The zero-order valence-electron chi connectivity index (χ0n) is 11.1. The normalized spacial score (nSPS) is 12.7. The monoisotopic (exact) mass is 227 g/mol. The summed E-state index contributed by atoms with van der Waals surface area (Å²) in [6.45, 7) is 4.86. The number of ketones is 1. The summed E-state index contributed by atoms with van der Waals surface area (Å²) in [6.07, 6.45) is 10.5. The third-order valence-corrected chi connectivity index (χ3v) is 3.18. The predicted molar refractivity (Wildman–Crippen MR) is 70.5 cm³/mol. The minimum absolute atomic E-state index is 0.171. The fourth-order valence-corrected chi connectivity index (χ4v) is 1.91. The molecule has 16 heavy (non-hydrogen) atoms. The van der Waals surface area contributed by atoms with Gasteiger partial charge in [0.1, 0.15) is 5.78 Å². The quantitative estimate of drug-likeness (QED) is 0.547. The Balaban J connectivity index is 3.27. The molecule has 0 radical (unpaired) electrons. The molecule has 0 amide bonds. The van der Waals surface area contributed by atoms with Gasteiger partial charge < -0.3 is 5.73 Å². The van der Waals surface area contributed by atoms with Gasteiger partial charge in [0.2, 0.25) is 0 Å². The maximum absolute atomic E-state index is 11.6. The number of unbranched alkanes of at least 4 members (excludes halogenated alkanes) is 6. The highest BCUT2D eigenvalue weighted by molar-refractivity contribution is 5.80. The first-order valence-corrected chi connectivity index (χ1v) is 6.95. The highest BCUT2D eigenvalue weighted by Crippen LogP contribution is 2.12. The highest BCUT2D eigenvalue weighted by atomic mass is 16.1. The van der Waals surface area contributed by atoms with Gasteiger partial charge in [-0.1, -0.05) is 52.4 Å². The number of carbonyl (C=O) groups is 1. The standard InChI is InChI=1S/C14H29NO/c1-3-4-5-6-7-8-9-10-14(16)13(2)11-12-15/h13H,3-12,15H2,1-2H3. The SMILES string of the molecule is CCCCCCCCCC(=O)C(C)CCN. The van der Waals surface area contributed by atoms with Gasteiger partial charge in [-0.25, -0.2) is 0 Å². The number of nitrogens with two attached hydrogens (primary N) is 1. The van der Waals surface area contributed by atoms with Gasteiger partial charge >= 0.3 is 0 Å². The topological polar surface area (TPSA) is 43.1 Å². The molecule has 0 fully saturated rings. The smallest absolute Gasteiger partial charge is 0.135 e. The van der Waals surface area contributed by atoms with Crippen LogP contribution in [0.15, 0.2) is 0 Å². The van der Waals surface area contributed by atoms with Gasteiger partial charge in [0, 0.05) is 12.3 Å². The first kappa shape index (κ1) is 15.6. The van der Waals surface area contributed by atoms with E-state index >= 15 is 0 Å². The molecule has 96 valence electrons. The van der Waals surface area contributed by atoms with E-state index in [0.717, 1.165) is 19.3 Å². The molecule has 2 nitrogen and oxygen atoms in total. The van der Waals surface area contributed by atoms with Crippen molar-refractivity contribution in [2.45, 2.75) is 71.6 Å². The van der Waals surface area contributed by atoms with Crippen molar-refractivity contribution in [2.24, 2.45) is 11.7 Å². The van der Waals surface area contributed by atoms with Crippen LogP contribution in [-0.2, 0) is 4.79 Å². The van der Waals surface area contributed by atoms with Gasteiger partial charge in [-0.15, -0.1) is 0 Å². The van der Waals surface area contributed by atoms with Crippen molar-refractivity contribution in [3.63, 3.8) is 0 Å². The molecule has 0 rings (SSSR count). The van der Waals surface area contributed by atoms with E-state index in [0.29, 0.717) is 12.3 Å². The Labute approximate surface area is 101 Å². The number of hydrogen-bond acceptors (Lipinski definition) is 2. The minimum atomic E-state index is 0.171. The molecule has 1 unspecified atom stereocenters. The Kier molecular flexibility index (Phi) is 10.9. The first-order valence-electron chi connectivity index (χ1n) is 6.95. The number of rotatable bonds is 11. The van der Waals surface area contributed by atoms with Crippen LogP contribution in [-0.4, -0.2) is 12.3 Å². The van der Waals surface area contributed by atoms with Crippen molar-refractivity contribution < 1.29 is 4.79 Å². The van der Waals surface area contributed by atoms with Crippen LogP contribution in [0.25, 0.3) is 0 Å². The molecule has 0 saturated carbocycles. The maximum atomic E-state index is 11.6.